The van der Waals surface area contributed by atoms with E-state index in [0.29, 0.717) is 42.0 Å². The summed E-state index contributed by atoms with van der Waals surface area (Å²) in [5.74, 6) is -10.0. The Hall–Kier alpha value is -4.40. The van der Waals surface area contributed by atoms with E-state index in [9.17, 15) is 34.2 Å². The molecule has 0 spiro atoms. The van der Waals surface area contributed by atoms with E-state index in [4.69, 9.17) is 15.7 Å². The maximum absolute atomic E-state index is 13.9. The molecule has 0 radical (unpaired) electrons. The Kier molecular flexibility index (Phi) is 7.23. The van der Waals surface area contributed by atoms with Gasteiger partial charge < -0.3 is 26.0 Å². The quantitative estimate of drug-likeness (QED) is 0.280. The molecule has 212 valence electrons. The first kappa shape index (κ1) is 28.1. The number of rotatable bonds is 7. The lowest BCUT2D eigenvalue weighted by Crippen LogP contribution is -2.68. The van der Waals surface area contributed by atoms with Crippen LogP contribution in [0.3, 0.4) is 0 Å². The zero-order valence-corrected chi connectivity index (χ0v) is 22.3. The fourth-order valence-corrected chi connectivity index (χ4v) is 6.67. The molecular formula is C30H29N3O8. The summed E-state index contributed by atoms with van der Waals surface area (Å²) in [7, 11) is 1.51. The van der Waals surface area contributed by atoms with Crippen LogP contribution in [0.15, 0.2) is 30.3 Å². The smallest absolute Gasteiger partial charge is 0.235 e. The topological polar surface area (TPSA) is 197 Å². The van der Waals surface area contributed by atoms with Gasteiger partial charge in [0.1, 0.15) is 11.5 Å². The van der Waals surface area contributed by atoms with Crippen molar-refractivity contribution in [3.05, 3.63) is 47.0 Å². The SMILES string of the molecule is COc1ccc(CNCCC#N)cc1-c1ccc(O)c2c1C[C@H]1C[C@H]3CC(=O)C(C(N)=O)C(=O)[C@@]3(O)C(=O)C1C2=O. The second-order valence-electron chi connectivity index (χ2n) is 10.8. The van der Waals surface area contributed by atoms with Crippen LogP contribution in [0.4, 0.5) is 0 Å². The van der Waals surface area contributed by atoms with Crippen molar-refractivity contribution in [3.63, 3.8) is 0 Å². The maximum atomic E-state index is 13.9. The first-order valence-electron chi connectivity index (χ1n) is 13.3. The van der Waals surface area contributed by atoms with Crippen LogP contribution in [0.5, 0.6) is 11.5 Å². The van der Waals surface area contributed by atoms with E-state index >= 15 is 0 Å². The Labute approximate surface area is 235 Å². The second-order valence-corrected chi connectivity index (χ2v) is 10.8. The number of hydrogen-bond acceptors (Lipinski definition) is 10. The molecule has 1 amide bonds. The van der Waals surface area contributed by atoms with Crippen molar-refractivity contribution in [1.29, 1.82) is 5.26 Å². The van der Waals surface area contributed by atoms with Crippen LogP contribution in [0.2, 0.25) is 0 Å². The molecule has 0 aliphatic heterocycles. The first-order chi connectivity index (χ1) is 19.5. The van der Waals surface area contributed by atoms with Crippen molar-refractivity contribution >= 4 is 29.0 Å². The number of ether oxygens (including phenoxy) is 1. The molecule has 2 aromatic carbocycles. The Morgan fingerprint density at radius 3 is 2.59 bits per heavy atom. The molecule has 3 aliphatic rings. The minimum atomic E-state index is -2.69. The normalized spacial score (nSPS) is 27.0. The Bertz CT molecular complexity index is 1540. The zero-order chi connectivity index (χ0) is 29.6. The highest BCUT2D eigenvalue weighted by Crippen LogP contribution is 2.51. The number of ketones is 4. The van der Waals surface area contributed by atoms with Crippen LogP contribution < -0.4 is 15.8 Å². The molecule has 11 nitrogen and oxygen atoms in total. The molecule has 41 heavy (non-hydrogen) atoms. The van der Waals surface area contributed by atoms with E-state index < -0.39 is 64.7 Å². The van der Waals surface area contributed by atoms with Crippen LogP contribution in [0.1, 0.15) is 40.7 Å². The van der Waals surface area contributed by atoms with E-state index in [-0.39, 0.29) is 24.2 Å². The Morgan fingerprint density at radius 1 is 1.15 bits per heavy atom. The summed E-state index contributed by atoms with van der Waals surface area (Å²) < 4.78 is 5.60. The molecule has 5 atom stereocenters. The third kappa shape index (κ3) is 4.40. The van der Waals surface area contributed by atoms with Crippen LogP contribution in [0, 0.1) is 35.0 Å². The highest BCUT2D eigenvalue weighted by atomic mass is 16.5. The van der Waals surface area contributed by atoms with Gasteiger partial charge in [0.15, 0.2) is 34.7 Å². The molecule has 2 fully saturated rings. The number of primary amides is 1. The molecule has 3 aliphatic carbocycles. The molecule has 2 saturated carbocycles. The fourth-order valence-electron chi connectivity index (χ4n) is 6.67. The predicted molar refractivity (Wildman–Crippen MR) is 142 cm³/mol. The number of phenols is 1. The number of hydrogen-bond donors (Lipinski definition) is 4. The molecule has 0 saturated heterocycles. The largest absolute Gasteiger partial charge is 0.507 e. The average Bonchev–Trinajstić information content (AvgIpc) is 2.93. The van der Waals surface area contributed by atoms with Gasteiger partial charge in [-0.05, 0) is 53.6 Å². The molecular weight excluding hydrogens is 530 g/mol. The van der Waals surface area contributed by atoms with Crippen molar-refractivity contribution < 1.29 is 38.9 Å². The van der Waals surface area contributed by atoms with Crippen molar-refractivity contribution in [3.8, 4) is 28.7 Å². The zero-order valence-electron chi connectivity index (χ0n) is 22.3. The molecule has 2 unspecified atom stereocenters. The number of nitrogens with two attached hydrogens (primary N) is 1. The molecule has 0 heterocycles. The number of fused-ring (bicyclic) bond motifs is 3. The lowest BCUT2D eigenvalue weighted by atomic mass is 9.53. The van der Waals surface area contributed by atoms with Gasteiger partial charge in [-0.3, -0.25) is 24.0 Å². The average molecular weight is 560 g/mol. The number of benzene rings is 2. The third-order valence-corrected chi connectivity index (χ3v) is 8.58. The van der Waals surface area contributed by atoms with Crippen LogP contribution in [0.25, 0.3) is 11.1 Å². The number of Topliss-reactive ketones (excluding diaryl/α,β-unsaturated/α-hetero) is 4. The molecule has 2 aromatic rings. The minimum absolute atomic E-state index is 0.0101. The van der Waals surface area contributed by atoms with Gasteiger partial charge in [0.2, 0.25) is 5.91 Å². The highest BCUT2D eigenvalue weighted by Gasteiger charge is 2.66. The lowest BCUT2D eigenvalue weighted by Gasteiger charge is -2.48. The molecule has 5 rings (SSSR count). The van der Waals surface area contributed by atoms with Crippen LogP contribution in [-0.4, -0.2) is 58.5 Å². The molecule has 0 aromatic heterocycles. The standard InChI is InChI=1S/C30H29N3O8/c1-41-22-6-3-14(13-33-8-2-7-31)9-18(22)17-4-5-20(34)24-19(17)11-15-10-16-12-21(35)25(29(32)39)28(38)30(16,40)27(37)23(15)26(24)36/h3-6,9,15-16,23,25,33-34,40H,2,8,10-13H2,1H3,(H2,32,39)/t15-,16+,23?,25?,30+/m1/s1. The number of methoxy groups -OCH3 is 1. The van der Waals surface area contributed by atoms with Gasteiger partial charge in [-0.25, -0.2) is 0 Å². The predicted octanol–water partition coefficient (Wildman–Crippen LogP) is 1.01. The monoisotopic (exact) mass is 559 g/mol. The van der Waals surface area contributed by atoms with E-state index in [1.165, 1.54) is 13.2 Å². The summed E-state index contributed by atoms with van der Waals surface area (Å²) in [5.41, 5.74) is 5.11. The second kappa shape index (κ2) is 10.5. The number of phenolic OH excluding ortho intramolecular Hbond substituents is 1. The van der Waals surface area contributed by atoms with E-state index in [1.54, 1.807) is 12.1 Å². The summed E-state index contributed by atoms with van der Waals surface area (Å²) in [6.45, 7) is 0.989. The van der Waals surface area contributed by atoms with E-state index in [0.717, 1.165) is 5.56 Å². The van der Waals surface area contributed by atoms with E-state index in [2.05, 4.69) is 11.4 Å². The molecule has 0 bridgehead atoms. The number of amides is 1. The lowest BCUT2D eigenvalue weighted by molar-refractivity contribution is -0.175. The summed E-state index contributed by atoms with van der Waals surface area (Å²) in [6, 6.07) is 10.6. The van der Waals surface area contributed by atoms with Crippen LogP contribution in [-0.2, 0) is 32.1 Å². The molecule has 5 N–H and O–H groups in total. The summed E-state index contributed by atoms with van der Waals surface area (Å²) in [4.78, 5) is 65.1. The van der Waals surface area contributed by atoms with Crippen molar-refractivity contribution in [1.82, 2.24) is 5.32 Å². The first-order valence-corrected chi connectivity index (χ1v) is 13.3. The number of carbonyl (C=O) groups is 5. The highest BCUT2D eigenvalue weighted by molar-refractivity contribution is 6.31. The van der Waals surface area contributed by atoms with Gasteiger partial charge in [-0.2, -0.15) is 5.26 Å². The van der Waals surface area contributed by atoms with Gasteiger partial charge in [-0.15, -0.1) is 0 Å². The van der Waals surface area contributed by atoms with Gasteiger partial charge in [-0.1, -0.05) is 12.1 Å². The summed E-state index contributed by atoms with van der Waals surface area (Å²) in [6.07, 6.45) is 0.126. The number of nitrogens with one attached hydrogen (secondary N) is 1. The maximum Gasteiger partial charge on any atom is 0.235 e. The van der Waals surface area contributed by atoms with Gasteiger partial charge >= 0.3 is 0 Å². The van der Waals surface area contributed by atoms with Gasteiger partial charge in [0, 0.05) is 37.4 Å². The third-order valence-electron chi connectivity index (χ3n) is 8.58. The Balaban J connectivity index is 1.57. The summed E-state index contributed by atoms with van der Waals surface area (Å²) >= 11 is 0. The summed E-state index contributed by atoms with van der Waals surface area (Å²) in [5, 5.41) is 34.1. The van der Waals surface area contributed by atoms with Crippen molar-refractivity contribution in [2.24, 2.45) is 29.4 Å². The number of carbonyl (C=O) groups excluding carboxylic acids is 5. The minimum Gasteiger partial charge on any atom is -0.507 e. The fraction of sp³-hybridized carbons (Fsp3) is 0.400. The van der Waals surface area contributed by atoms with E-state index in [1.807, 2.05) is 12.1 Å². The number of aromatic hydroxyl groups is 1. The van der Waals surface area contributed by atoms with Gasteiger partial charge in [0.25, 0.3) is 0 Å². The number of aliphatic hydroxyl groups is 1. The number of nitrogens with zero attached hydrogens (tertiary/aromatic N) is 1. The van der Waals surface area contributed by atoms with Gasteiger partial charge in [0.05, 0.1) is 24.7 Å². The molecule has 11 heteroatoms. The van der Waals surface area contributed by atoms with Crippen molar-refractivity contribution in [2.45, 2.75) is 37.8 Å². The van der Waals surface area contributed by atoms with Crippen LogP contribution >= 0.6 is 0 Å². The van der Waals surface area contributed by atoms with Crippen molar-refractivity contribution in [2.75, 3.05) is 13.7 Å². The number of nitriles is 1. The Morgan fingerprint density at radius 2 is 1.90 bits per heavy atom.